The number of rotatable bonds is 9. The van der Waals surface area contributed by atoms with Crippen LogP contribution < -0.4 is 25.5 Å². The molecule has 0 radical (unpaired) electrons. The summed E-state index contributed by atoms with van der Waals surface area (Å²) >= 11 is 15.3. The number of ether oxygens (including phenoxy) is 2. The molecule has 12 heteroatoms. The highest BCUT2D eigenvalue weighted by molar-refractivity contribution is 9.10. The zero-order valence-electron chi connectivity index (χ0n) is 19.4. The van der Waals surface area contributed by atoms with Crippen molar-refractivity contribution in [2.24, 2.45) is 5.10 Å². The van der Waals surface area contributed by atoms with Gasteiger partial charge in [-0.25, -0.2) is 5.43 Å². The molecule has 37 heavy (non-hydrogen) atoms. The molecular formula is C25H21BrCl2N4O5. The topological polar surface area (TPSA) is 118 Å². The van der Waals surface area contributed by atoms with E-state index in [1.54, 1.807) is 30.3 Å². The lowest BCUT2D eigenvalue weighted by Crippen LogP contribution is -2.37. The average Bonchev–Trinajstić information content (AvgIpc) is 2.86. The fraction of sp³-hybridized carbons (Fsp3) is 0.120. The van der Waals surface area contributed by atoms with Gasteiger partial charge in [-0.15, -0.1) is 0 Å². The molecule has 0 spiro atoms. The molecule has 3 N–H and O–H groups in total. The van der Waals surface area contributed by atoms with Crippen LogP contribution in [-0.4, -0.2) is 37.7 Å². The minimum Gasteiger partial charge on any atom is -0.493 e. The first-order valence-corrected chi connectivity index (χ1v) is 12.2. The van der Waals surface area contributed by atoms with Gasteiger partial charge in [-0.2, -0.15) is 5.10 Å². The number of amides is 3. The SMILES string of the molecule is COc1cc(/C=N/NC(=O)C(=O)NCc2ccccc2)cc(Br)c1OCC(=O)Nc1cc(Cl)cc(Cl)c1. The molecule has 3 amide bonds. The lowest BCUT2D eigenvalue weighted by molar-refractivity contribution is -0.139. The van der Waals surface area contributed by atoms with Crippen molar-refractivity contribution in [1.29, 1.82) is 0 Å². The van der Waals surface area contributed by atoms with Crippen molar-refractivity contribution in [1.82, 2.24) is 10.7 Å². The zero-order valence-corrected chi connectivity index (χ0v) is 22.5. The molecule has 0 atom stereocenters. The first-order chi connectivity index (χ1) is 17.7. The van der Waals surface area contributed by atoms with Gasteiger partial charge >= 0.3 is 11.8 Å². The zero-order chi connectivity index (χ0) is 26.8. The van der Waals surface area contributed by atoms with Gasteiger partial charge in [0.2, 0.25) is 0 Å². The van der Waals surface area contributed by atoms with Gasteiger partial charge in [0.15, 0.2) is 18.1 Å². The van der Waals surface area contributed by atoms with E-state index in [1.807, 2.05) is 30.3 Å². The van der Waals surface area contributed by atoms with Gasteiger partial charge in [0.1, 0.15) is 0 Å². The third kappa shape index (κ3) is 8.78. The summed E-state index contributed by atoms with van der Waals surface area (Å²) in [4.78, 5) is 36.2. The van der Waals surface area contributed by atoms with Crippen LogP contribution in [0.2, 0.25) is 10.0 Å². The first kappa shape index (κ1) is 28.0. The van der Waals surface area contributed by atoms with Crippen molar-refractivity contribution >= 4 is 68.8 Å². The third-order valence-electron chi connectivity index (χ3n) is 4.63. The van der Waals surface area contributed by atoms with Crippen molar-refractivity contribution in [2.45, 2.75) is 6.54 Å². The molecule has 3 aromatic carbocycles. The van der Waals surface area contributed by atoms with E-state index in [2.05, 4.69) is 37.1 Å². The van der Waals surface area contributed by atoms with E-state index in [4.69, 9.17) is 32.7 Å². The van der Waals surface area contributed by atoms with E-state index in [0.717, 1.165) is 5.56 Å². The number of hydrazone groups is 1. The number of hydrogen-bond donors (Lipinski definition) is 3. The molecule has 0 bridgehead atoms. The van der Waals surface area contributed by atoms with E-state index < -0.39 is 17.7 Å². The van der Waals surface area contributed by atoms with Crippen LogP contribution in [0.15, 0.2) is 70.2 Å². The average molecular weight is 608 g/mol. The summed E-state index contributed by atoms with van der Waals surface area (Å²) in [6.07, 6.45) is 1.33. The highest BCUT2D eigenvalue weighted by atomic mass is 79.9. The molecule has 0 saturated heterocycles. The highest BCUT2D eigenvalue weighted by Gasteiger charge is 2.15. The minimum atomic E-state index is -0.912. The Morgan fingerprint density at radius 3 is 2.38 bits per heavy atom. The van der Waals surface area contributed by atoms with Crippen molar-refractivity contribution in [3.05, 3.63) is 86.3 Å². The molecule has 0 aliphatic carbocycles. The van der Waals surface area contributed by atoms with Crippen LogP contribution in [-0.2, 0) is 20.9 Å². The number of carbonyl (C=O) groups is 3. The fourth-order valence-electron chi connectivity index (χ4n) is 2.99. The second kappa shape index (κ2) is 13.6. The maximum absolute atomic E-state index is 12.3. The van der Waals surface area contributed by atoms with Crippen molar-refractivity contribution in [3.8, 4) is 11.5 Å². The summed E-state index contributed by atoms with van der Waals surface area (Å²) in [5.74, 6) is -1.58. The fourth-order valence-corrected chi connectivity index (χ4v) is 4.09. The summed E-state index contributed by atoms with van der Waals surface area (Å²) in [5.41, 5.74) is 3.99. The lowest BCUT2D eigenvalue weighted by atomic mass is 10.2. The van der Waals surface area contributed by atoms with Gasteiger partial charge in [0, 0.05) is 22.3 Å². The quantitative estimate of drug-likeness (QED) is 0.187. The third-order valence-corrected chi connectivity index (χ3v) is 5.65. The molecule has 9 nitrogen and oxygen atoms in total. The van der Waals surface area contributed by atoms with Crippen LogP contribution in [0.1, 0.15) is 11.1 Å². The number of benzene rings is 3. The molecule has 0 saturated carbocycles. The van der Waals surface area contributed by atoms with E-state index in [-0.39, 0.29) is 18.9 Å². The predicted molar refractivity (Wildman–Crippen MR) is 145 cm³/mol. The van der Waals surface area contributed by atoms with Gasteiger partial charge in [0.25, 0.3) is 5.91 Å². The van der Waals surface area contributed by atoms with E-state index in [0.29, 0.717) is 31.5 Å². The van der Waals surface area contributed by atoms with Crippen LogP contribution in [0.4, 0.5) is 5.69 Å². The van der Waals surface area contributed by atoms with Crippen LogP contribution >= 0.6 is 39.1 Å². The van der Waals surface area contributed by atoms with Gasteiger partial charge in [-0.05, 0) is 57.4 Å². The van der Waals surface area contributed by atoms with Gasteiger partial charge in [-0.3, -0.25) is 14.4 Å². The molecule has 0 unspecified atom stereocenters. The van der Waals surface area contributed by atoms with Crippen LogP contribution in [0, 0.1) is 0 Å². The Hall–Kier alpha value is -3.60. The Kier molecular flexibility index (Phi) is 10.3. The monoisotopic (exact) mass is 606 g/mol. The highest BCUT2D eigenvalue weighted by Crippen LogP contribution is 2.36. The molecule has 0 aliphatic rings. The molecule has 192 valence electrons. The number of anilines is 1. The van der Waals surface area contributed by atoms with E-state index >= 15 is 0 Å². The normalized spacial score (nSPS) is 10.6. The minimum absolute atomic E-state index is 0.216. The Bertz CT molecular complexity index is 1300. The van der Waals surface area contributed by atoms with Gasteiger partial charge < -0.3 is 20.1 Å². The summed E-state index contributed by atoms with van der Waals surface area (Å²) in [6, 6.07) is 17.1. The first-order valence-electron chi connectivity index (χ1n) is 10.7. The van der Waals surface area contributed by atoms with E-state index in [9.17, 15) is 14.4 Å². The van der Waals surface area contributed by atoms with Crippen molar-refractivity contribution < 1.29 is 23.9 Å². The van der Waals surface area contributed by atoms with Crippen LogP contribution in [0.3, 0.4) is 0 Å². The second-order valence-electron chi connectivity index (χ2n) is 7.40. The molecule has 0 aromatic heterocycles. The largest absolute Gasteiger partial charge is 0.493 e. The molecule has 0 fully saturated rings. The maximum Gasteiger partial charge on any atom is 0.329 e. The number of hydrogen-bond acceptors (Lipinski definition) is 6. The molecule has 3 rings (SSSR count). The number of carbonyl (C=O) groups excluding carboxylic acids is 3. The van der Waals surface area contributed by atoms with Crippen LogP contribution in [0.25, 0.3) is 0 Å². The van der Waals surface area contributed by atoms with Gasteiger partial charge in [0.05, 0.1) is 17.8 Å². The molecule has 0 aliphatic heterocycles. The Morgan fingerprint density at radius 1 is 1.00 bits per heavy atom. The molecular weight excluding hydrogens is 587 g/mol. The standard InChI is InChI=1S/C25H21BrCl2N4O5/c1-36-21-8-16(13-30-32-25(35)24(34)29-12-15-5-3-2-4-6-15)7-20(26)23(21)37-14-22(33)31-19-10-17(27)9-18(28)11-19/h2-11,13H,12,14H2,1H3,(H,29,34)(H,31,33)(H,32,35)/b30-13+. The lowest BCUT2D eigenvalue weighted by Gasteiger charge is -2.13. The van der Waals surface area contributed by atoms with Gasteiger partial charge in [-0.1, -0.05) is 53.5 Å². The Balaban J connectivity index is 1.55. The number of methoxy groups -OCH3 is 1. The summed E-state index contributed by atoms with van der Waals surface area (Å²) in [6.45, 7) is -0.103. The number of nitrogens with one attached hydrogen (secondary N) is 3. The van der Waals surface area contributed by atoms with Crippen molar-refractivity contribution in [2.75, 3.05) is 19.0 Å². The Morgan fingerprint density at radius 2 is 1.70 bits per heavy atom. The predicted octanol–water partition coefficient (Wildman–Crippen LogP) is 4.55. The maximum atomic E-state index is 12.3. The molecule has 3 aromatic rings. The summed E-state index contributed by atoms with van der Waals surface area (Å²) in [5, 5.41) is 9.73. The van der Waals surface area contributed by atoms with Crippen LogP contribution in [0.5, 0.6) is 11.5 Å². The number of nitrogens with zero attached hydrogens (tertiary/aromatic N) is 1. The van der Waals surface area contributed by atoms with E-state index in [1.165, 1.54) is 13.3 Å². The summed E-state index contributed by atoms with van der Waals surface area (Å²) < 4.78 is 11.5. The number of halogens is 3. The molecule has 0 heterocycles. The second-order valence-corrected chi connectivity index (χ2v) is 9.12. The smallest absolute Gasteiger partial charge is 0.329 e. The Labute approximate surface area is 231 Å². The van der Waals surface area contributed by atoms with Crippen molar-refractivity contribution in [3.63, 3.8) is 0 Å². The summed E-state index contributed by atoms with van der Waals surface area (Å²) in [7, 11) is 1.43.